The van der Waals surface area contributed by atoms with E-state index in [1.165, 1.54) is 0 Å². The van der Waals surface area contributed by atoms with E-state index in [0.717, 1.165) is 13.1 Å². The molecule has 0 spiro atoms. The molecule has 0 radical (unpaired) electrons. The molecule has 1 rings (SSSR count). The Labute approximate surface area is 89.9 Å². The van der Waals surface area contributed by atoms with Crippen LogP contribution < -0.4 is 10.8 Å². The van der Waals surface area contributed by atoms with Gasteiger partial charge in [-0.15, -0.1) is 0 Å². The molecule has 5 nitrogen and oxygen atoms in total. The second kappa shape index (κ2) is 5.70. The molecular formula is C9H16BN3O2. The van der Waals surface area contributed by atoms with Crippen molar-refractivity contribution >= 4 is 18.4 Å². The highest BCUT2D eigenvalue weighted by Gasteiger charge is 2.10. The predicted octanol–water partition coefficient (Wildman–Crippen LogP) is -1.27. The largest absolute Gasteiger partial charge is 0.488 e. The molecule has 1 aromatic rings. The van der Waals surface area contributed by atoms with E-state index in [-0.39, 0.29) is 0 Å². The third-order valence-corrected chi connectivity index (χ3v) is 1.95. The van der Waals surface area contributed by atoms with Gasteiger partial charge in [-0.2, -0.15) is 0 Å². The first-order valence-electron chi connectivity index (χ1n) is 4.80. The molecule has 0 aliphatic heterocycles. The minimum atomic E-state index is -1.44. The Hall–Kier alpha value is -1.11. The van der Waals surface area contributed by atoms with Crippen molar-refractivity contribution in [3.63, 3.8) is 0 Å². The zero-order valence-electron chi connectivity index (χ0n) is 9.01. The maximum absolute atomic E-state index is 8.95. The van der Waals surface area contributed by atoms with Gasteiger partial charge in [0.05, 0.1) is 0 Å². The highest BCUT2D eigenvalue weighted by Crippen LogP contribution is 1.97. The lowest BCUT2D eigenvalue weighted by molar-refractivity contribution is 0.424. The molecule has 0 saturated carbocycles. The molecule has 0 fully saturated rings. The molecule has 0 unspecified atom stereocenters. The van der Waals surface area contributed by atoms with Gasteiger partial charge in [0.15, 0.2) is 0 Å². The van der Waals surface area contributed by atoms with Crippen LogP contribution in [0.25, 0.3) is 0 Å². The van der Waals surface area contributed by atoms with Crippen LogP contribution in [-0.2, 0) is 0 Å². The second-order valence-electron chi connectivity index (χ2n) is 3.58. The third-order valence-electron chi connectivity index (χ3n) is 1.95. The number of anilines is 1. The molecule has 82 valence electrons. The van der Waals surface area contributed by atoms with Crippen LogP contribution in [-0.4, -0.2) is 54.2 Å². The topological polar surface area (TPSA) is 68.6 Å². The third kappa shape index (κ3) is 4.29. The molecule has 3 N–H and O–H groups in total. The molecule has 0 amide bonds. The van der Waals surface area contributed by atoms with Crippen molar-refractivity contribution in [3.8, 4) is 0 Å². The van der Waals surface area contributed by atoms with Crippen molar-refractivity contribution in [2.75, 3.05) is 32.5 Å². The summed E-state index contributed by atoms with van der Waals surface area (Å²) < 4.78 is 0. The lowest BCUT2D eigenvalue weighted by Gasteiger charge is -2.11. The number of aromatic nitrogens is 1. The van der Waals surface area contributed by atoms with E-state index in [1.54, 1.807) is 18.3 Å². The van der Waals surface area contributed by atoms with Gasteiger partial charge in [-0.05, 0) is 31.7 Å². The molecule has 0 aromatic carbocycles. The molecule has 1 heterocycles. The highest BCUT2D eigenvalue weighted by atomic mass is 16.4. The van der Waals surface area contributed by atoms with Crippen LogP contribution in [0, 0.1) is 0 Å². The van der Waals surface area contributed by atoms with Gasteiger partial charge in [0, 0.05) is 19.3 Å². The fourth-order valence-corrected chi connectivity index (χ4v) is 1.11. The van der Waals surface area contributed by atoms with Gasteiger partial charge in [-0.3, -0.25) is 0 Å². The zero-order chi connectivity index (χ0) is 11.3. The fraction of sp³-hybridized carbons (Fsp3) is 0.444. The molecule has 1 aromatic heterocycles. The standard InChI is InChI=1S/C9H16BN3O2/c1-13(2)6-5-12-9-7-8(10(14)15)3-4-11-9/h3-4,7,14-15H,5-6H2,1-2H3,(H,11,12). The molecule has 15 heavy (non-hydrogen) atoms. The molecule has 0 bridgehead atoms. The van der Waals surface area contributed by atoms with E-state index in [4.69, 9.17) is 10.0 Å². The minimum Gasteiger partial charge on any atom is -0.423 e. The van der Waals surface area contributed by atoms with Gasteiger partial charge >= 0.3 is 7.12 Å². The van der Waals surface area contributed by atoms with E-state index in [2.05, 4.69) is 15.2 Å². The van der Waals surface area contributed by atoms with Crippen LogP contribution in [0.15, 0.2) is 18.3 Å². The highest BCUT2D eigenvalue weighted by molar-refractivity contribution is 6.58. The Balaban J connectivity index is 2.50. The quantitative estimate of drug-likeness (QED) is 0.528. The number of nitrogens with one attached hydrogen (secondary N) is 1. The smallest absolute Gasteiger partial charge is 0.423 e. The van der Waals surface area contributed by atoms with Crippen LogP contribution in [0.5, 0.6) is 0 Å². The Bertz CT molecular complexity index is 307. The van der Waals surface area contributed by atoms with Gasteiger partial charge in [0.1, 0.15) is 5.82 Å². The SMILES string of the molecule is CN(C)CCNc1cc(B(O)O)ccn1. The summed E-state index contributed by atoms with van der Waals surface area (Å²) >= 11 is 0. The van der Waals surface area contributed by atoms with Crippen LogP contribution in [0.4, 0.5) is 5.82 Å². The lowest BCUT2D eigenvalue weighted by Crippen LogP contribution is -2.30. The number of hydrogen-bond acceptors (Lipinski definition) is 5. The van der Waals surface area contributed by atoms with Crippen molar-refractivity contribution in [2.45, 2.75) is 0 Å². The summed E-state index contributed by atoms with van der Waals surface area (Å²) in [4.78, 5) is 6.12. The van der Waals surface area contributed by atoms with Crippen molar-refractivity contribution in [3.05, 3.63) is 18.3 Å². The molecule has 0 saturated heterocycles. The van der Waals surface area contributed by atoms with E-state index < -0.39 is 7.12 Å². The summed E-state index contributed by atoms with van der Waals surface area (Å²) in [5.74, 6) is 0.655. The first kappa shape index (κ1) is 12.0. The Morgan fingerprint density at radius 2 is 2.20 bits per heavy atom. The van der Waals surface area contributed by atoms with Gasteiger partial charge in [0.2, 0.25) is 0 Å². The monoisotopic (exact) mass is 209 g/mol. The van der Waals surface area contributed by atoms with Gasteiger partial charge < -0.3 is 20.3 Å². The molecular weight excluding hydrogens is 193 g/mol. The van der Waals surface area contributed by atoms with Gasteiger partial charge in [0.25, 0.3) is 0 Å². The van der Waals surface area contributed by atoms with Crippen molar-refractivity contribution in [1.82, 2.24) is 9.88 Å². The van der Waals surface area contributed by atoms with Crippen molar-refractivity contribution in [2.24, 2.45) is 0 Å². The van der Waals surface area contributed by atoms with E-state index in [0.29, 0.717) is 11.3 Å². The average molecular weight is 209 g/mol. The zero-order valence-corrected chi connectivity index (χ0v) is 9.01. The van der Waals surface area contributed by atoms with Crippen molar-refractivity contribution in [1.29, 1.82) is 0 Å². The second-order valence-corrected chi connectivity index (χ2v) is 3.58. The van der Waals surface area contributed by atoms with E-state index >= 15 is 0 Å². The summed E-state index contributed by atoms with van der Waals surface area (Å²) in [5, 5.41) is 21.0. The summed E-state index contributed by atoms with van der Waals surface area (Å²) in [6.45, 7) is 1.67. The van der Waals surface area contributed by atoms with Crippen molar-refractivity contribution < 1.29 is 10.0 Å². The number of nitrogens with zero attached hydrogens (tertiary/aromatic N) is 2. The maximum atomic E-state index is 8.95. The summed E-state index contributed by atoms with van der Waals surface area (Å²) in [6, 6.07) is 3.20. The van der Waals surface area contributed by atoms with Crippen LogP contribution >= 0.6 is 0 Å². The fourth-order valence-electron chi connectivity index (χ4n) is 1.11. The van der Waals surface area contributed by atoms with Crippen LogP contribution in [0.1, 0.15) is 0 Å². The number of hydrogen-bond donors (Lipinski definition) is 3. The normalized spacial score (nSPS) is 10.5. The molecule has 0 aliphatic carbocycles. The Kier molecular flexibility index (Phi) is 4.55. The number of pyridine rings is 1. The lowest BCUT2D eigenvalue weighted by atomic mass is 9.81. The summed E-state index contributed by atoms with van der Waals surface area (Å²) in [6.07, 6.45) is 1.55. The van der Waals surface area contributed by atoms with Crippen LogP contribution in [0.2, 0.25) is 0 Å². The maximum Gasteiger partial charge on any atom is 0.488 e. The Morgan fingerprint density at radius 3 is 2.80 bits per heavy atom. The number of likely N-dealkylation sites (N-methyl/N-ethyl adjacent to an activating group) is 1. The van der Waals surface area contributed by atoms with E-state index in [9.17, 15) is 0 Å². The summed E-state index contributed by atoms with van der Waals surface area (Å²) in [5.41, 5.74) is 0.442. The molecule has 0 aliphatic rings. The van der Waals surface area contributed by atoms with Gasteiger partial charge in [-0.1, -0.05) is 0 Å². The number of rotatable bonds is 5. The average Bonchev–Trinajstić information content (AvgIpc) is 2.17. The van der Waals surface area contributed by atoms with Gasteiger partial charge in [-0.25, -0.2) is 4.98 Å². The summed E-state index contributed by atoms with van der Waals surface area (Å²) in [7, 11) is 2.54. The Morgan fingerprint density at radius 1 is 1.47 bits per heavy atom. The predicted molar refractivity (Wildman–Crippen MR) is 61.1 cm³/mol. The molecule has 0 atom stereocenters. The first-order valence-corrected chi connectivity index (χ1v) is 4.80. The van der Waals surface area contributed by atoms with E-state index in [1.807, 2.05) is 14.1 Å². The van der Waals surface area contributed by atoms with Crippen LogP contribution in [0.3, 0.4) is 0 Å². The molecule has 6 heteroatoms. The first-order chi connectivity index (χ1) is 7.09. The minimum absolute atomic E-state index is 0.442.